The van der Waals surface area contributed by atoms with E-state index in [0.717, 1.165) is 54.6 Å². The summed E-state index contributed by atoms with van der Waals surface area (Å²) < 4.78 is 8.93. The Morgan fingerprint density at radius 2 is 2.18 bits per heavy atom. The van der Waals surface area contributed by atoms with Gasteiger partial charge in [-0.2, -0.15) is 0 Å². The molecule has 1 aliphatic heterocycles. The summed E-state index contributed by atoms with van der Waals surface area (Å²) in [6, 6.07) is 3.98. The number of aromatic nitrogens is 2. The Hall–Kier alpha value is -0.910. The van der Waals surface area contributed by atoms with Gasteiger partial charge in [-0.05, 0) is 34.0 Å². The molecular weight excluding hydrogens is 535 g/mol. The van der Waals surface area contributed by atoms with Crippen LogP contribution in [-0.4, -0.2) is 66.2 Å². The first-order valence-electron chi connectivity index (χ1n) is 9.45. The summed E-state index contributed by atoms with van der Waals surface area (Å²) in [5.74, 6) is 1.44. The van der Waals surface area contributed by atoms with Crippen molar-refractivity contribution in [2.24, 2.45) is 10.9 Å². The van der Waals surface area contributed by atoms with Gasteiger partial charge in [0, 0.05) is 50.1 Å². The summed E-state index contributed by atoms with van der Waals surface area (Å²) in [5, 5.41) is 6.70. The molecule has 0 aliphatic carbocycles. The fourth-order valence-corrected chi connectivity index (χ4v) is 3.65. The second kappa shape index (κ2) is 11.3. The fraction of sp³-hybridized carbons (Fsp3) is 0.579. The summed E-state index contributed by atoms with van der Waals surface area (Å²) in [5.41, 5.74) is 1.90. The van der Waals surface area contributed by atoms with E-state index in [1.54, 1.807) is 7.05 Å². The first-order chi connectivity index (χ1) is 13.0. The Morgan fingerprint density at radius 1 is 1.36 bits per heavy atom. The van der Waals surface area contributed by atoms with Crippen LogP contribution in [0.1, 0.15) is 19.5 Å². The molecule has 7 nitrogen and oxygen atoms in total. The zero-order chi connectivity index (χ0) is 19.2. The molecule has 1 unspecified atom stereocenters. The highest BCUT2D eigenvalue weighted by Gasteiger charge is 2.21. The number of aliphatic imine (C=N–C) groups is 1. The molecule has 0 radical (unpaired) electrons. The van der Waals surface area contributed by atoms with Crippen LogP contribution in [0.2, 0.25) is 0 Å². The molecule has 3 rings (SSSR count). The van der Waals surface area contributed by atoms with Crippen molar-refractivity contribution in [3.63, 3.8) is 0 Å². The second-order valence-corrected chi connectivity index (χ2v) is 8.21. The van der Waals surface area contributed by atoms with E-state index in [2.05, 4.69) is 55.3 Å². The number of imidazole rings is 1. The van der Waals surface area contributed by atoms with Crippen molar-refractivity contribution in [3.8, 4) is 0 Å². The van der Waals surface area contributed by atoms with Gasteiger partial charge in [-0.25, -0.2) is 4.98 Å². The average Bonchev–Trinajstić information content (AvgIpc) is 3.03. The normalized spacial score (nSPS) is 18.3. The summed E-state index contributed by atoms with van der Waals surface area (Å²) in [4.78, 5) is 11.4. The highest BCUT2D eigenvalue weighted by molar-refractivity contribution is 14.0. The number of halogens is 2. The number of hydrogen-bond donors (Lipinski definition) is 2. The Labute approximate surface area is 192 Å². The number of fused-ring (bicyclic) bond motifs is 1. The lowest BCUT2D eigenvalue weighted by molar-refractivity contribution is -0.0284. The molecule has 3 heterocycles. The smallest absolute Gasteiger partial charge is 0.191 e. The van der Waals surface area contributed by atoms with E-state index < -0.39 is 0 Å². The van der Waals surface area contributed by atoms with Crippen LogP contribution in [0, 0.1) is 5.92 Å². The van der Waals surface area contributed by atoms with Crippen LogP contribution >= 0.6 is 39.9 Å². The highest BCUT2D eigenvalue weighted by Crippen LogP contribution is 2.12. The number of guanidine groups is 1. The van der Waals surface area contributed by atoms with Gasteiger partial charge >= 0.3 is 0 Å². The fourth-order valence-electron chi connectivity index (χ4n) is 3.29. The molecule has 2 aromatic rings. The average molecular weight is 565 g/mol. The molecule has 0 saturated carbocycles. The minimum absolute atomic E-state index is 0. The third-order valence-electron chi connectivity index (χ3n) is 4.47. The molecule has 1 atom stereocenters. The van der Waals surface area contributed by atoms with Gasteiger partial charge in [-0.1, -0.05) is 13.8 Å². The van der Waals surface area contributed by atoms with Gasteiger partial charge in [-0.15, -0.1) is 24.0 Å². The van der Waals surface area contributed by atoms with E-state index in [0.29, 0.717) is 12.5 Å². The third kappa shape index (κ3) is 6.85. The van der Waals surface area contributed by atoms with Crippen molar-refractivity contribution >= 4 is 51.5 Å². The molecule has 156 valence electrons. The maximum Gasteiger partial charge on any atom is 0.191 e. The SMILES string of the molecule is CN=C(NCc1cn2cc(Br)ccc2n1)NCC1CN(CC(C)C)CCO1.I. The molecule has 0 bridgehead atoms. The molecule has 2 aromatic heterocycles. The van der Waals surface area contributed by atoms with Gasteiger partial charge in [0.05, 0.1) is 24.9 Å². The summed E-state index contributed by atoms with van der Waals surface area (Å²) in [7, 11) is 1.78. The Balaban J connectivity index is 0.00000280. The van der Waals surface area contributed by atoms with Crippen molar-refractivity contribution in [3.05, 3.63) is 34.7 Å². The second-order valence-electron chi connectivity index (χ2n) is 7.30. The lowest BCUT2D eigenvalue weighted by Crippen LogP contribution is -2.50. The maximum atomic E-state index is 5.89. The van der Waals surface area contributed by atoms with Crippen LogP contribution in [-0.2, 0) is 11.3 Å². The summed E-state index contributed by atoms with van der Waals surface area (Å²) in [6.07, 6.45) is 4.21. The predicted molar refractivity (Wildman–Crippen MR) is 128 cm³/mol. The van der Waals surface area contributed by atoms with Gasteiger partial charge in [0.15, 0.2) is 5.96 Å². The summed E-state index contributed by atoms with van der Waals surface area (Å²) >= 11 is 3.48. The van der Waals surface area contributed by atoms with Crippen LogP contribution in [0.25, 0.3) is 5.65 Å². The van der Waals surface area contributed by atoms with Gasteiger partial charge in [0.2, 0.25) is 0 Å². The Morgan fingerprint density at radius 3 is 2.93 bits per heavy atom. The standard InChI is InChI=1S/C19H29BrN6O.HI/c1-14(2)10-25-6-7-27-17(13-25)9-23-19(21-3)22-8-16-12-26-11-15(20)4-5-18(26)24-16;/h4-5,11-12,14,17H,6-10,13H2,1-3H3,(H2,21,22,23);1H. The molecule has 1 fully saturated rings. The van der Waals surface area contributed by atoms with Gasteiger partial charge in [-0.3, -0.25) is 9.89 Å². The number of hydrogen-bond acceptors (Lipinski definition) is 4. The minimum atomic E-state index is 0. The molecule has 9 heteroatoms. The van der Waals surface area contributed by atoms with E-state index in [9.17, 15) is 0 Å². The van der Waals surface area contributed by atoms with Gasteiger partial charge < -0.3 is 19.8 Å². The van der Waals surface area contributed by atoms with Crippen LogP contribution in [0.15, 0.2) is 34.0 Å². The molecular formula is C19H30BrIN6O. The number of pyridine rings is 1. The lowest BCUT2D eigenvalue weighted by atomic mass is 10.2. The summed E-state index contributed by atoms with van der Waals surface area (Å²) in [6.45, 7) is 9.77. The number of rotatable bonds is 6. The van der Waals surface area contributed by atoms with Gasteiger partial charge in [0.25, 0.3) is 0 Å². The molecule has 28 heavy (non-hydrogen) atoms. The van der Waals surface area contributed by atoms with E-state index in [-0.39, 0.29) is 30.1 Å². The number of nitrogens with one attached hydrogen (secondary N) is 2. The van der Waals surface area contributed by atoms with Crippen LogP contribution in [0.5, 0.6) is 0 Å². The van der Waals surface area contributed by atoms with Crippen LogP contribution < -0.4 is 10.6 Å². The molecule has 1 saturated heterocycles. The zero-order valence-corrected chi connectivity index (χ0v) is 20.6. The molecule has 1 aliphatic rings. The van der Waals surface area contributed by atoms with Gasteiger partial charge in [0.1, 0.15) is 5.65 Å². The highest BCUT2D eigenvalue weighted by atomic mass is 127. The largest absolute Gasteiger partial charge is 0.374 e. The number of nitrogens with zero attached hydrogens (tertiary/aromatic N) is 4. The molecule has 0 spiro atoms. The topological polar surface area (TPSA) is 66.2 Å². The van der Waals surface area contributed by atoms with E-state index in [1.807, 2.05) is 28.9 Å². The van der Waals surface area contributed by atoms with Crippen molar-refractivity contribution in [2.75, 3.05) is 39.8 Å². The van der Waals surface area contributed by atoms with E-state index in [1.165, 1.54) is 0 Å². The molecule has 2 N–H and O–H groups in total. The van der Waals surface area contributed by atoms with Crippen LogP contribution in [0.4, 0.5) is 0 Å². The maximum absolute atomic E-state index is 5.89. The Kier molecular flexibility index (Phi) is 9.45. The van der Waals surface area contributed by atoms with E-state index in [4.69, 9.17) is 4.74 Å². The number of morpholine rings is 1. The lowest BCUT2D eigenvalue weighted by Gasteiger charge is -2.34. The quantitative estimate of drug-likeness (QED) is 0.321. The monoisotopic (exact) mass is 564 g/mol. The molecule has 0 amide bonds. The minimum Gasteiger partial charge on any atom is -0.374 e. The first kappa shape index (κ1) is 23.4. The molecule has 0 aromatic carbocycles. The Bertz CT molecular complexity index is 781. The zero-order valence-electron chi connectivity index (χ0n) is 16.7. The predicted octanol–water partition coefficient (Wildman–Crippen LogP) is 2.74. The van der Waals surface area contributed by atoms with Crippen molar-refractivity contribution in [2.45, 2.75) is 26.5 Å². The van der Waals surface area contributed by atoms with Crippen molar-refractivity contribution < 1.29 is 4.74 Å². The van der Waals surface area contributed by atoms with Crippen molar-refractivity contribution in [1.29, 1.82) is 0 Å². The van der Waals surface area contributed by atoms with E-state index >= 15 is 0 Å². The first-order valence-corrected chi connectivity index (χ1v) is 10.2. The third-order valence-corrected chi connectivity index (χ3v) is 4.94. The van der Waals surface area contributed by atoms with Crippen LogP contribution in [0.3, 0.4) is 0 Å². The van der Waals surface area contributed by atoms with Crippen molar-refractivity contribution in [1.82, 2.24) is 24.9 Å². The number of ether oxygens (including phenoxy) is 1.